The van der Waals surface area contributed by atoms with Crippen molar-refractivity contribution in [1.29, 1.82) is 0 Å². The molecule has 7 heteroatoms. The second-order valence-electron chi connectivity index (χ2n) is 7.35. The first kappa shape index (κ1) is 20.3. The number of barbiturate groups is 1. The van der Waals surface area contributed by atoms with Gasteiger partial charge in [0, 0.05) is 29.5 Å². The van der Waals surface area contributed by atoms with Crippen LogP contribution in [-0.2, 0) is 16.0 Å². The van der Waals surface area contributed by atoms with E-state index in [-0.39, 0.29) is 5.57 Å². The van der Waals surface area contributed by atoms with E-state index in [1.807, 2.05) is 55.7 Å². The van der Waals surface area contributed by atoms with Crippen molar-refractivity contribution in [3.63, 3.8) is 0 Å². The van der Waals surface area contributed by atoms with Crippen LogP contribution in [-0.4, -0.2) is 27.4 Å². The highest BCUT2D eigenvalue weighted by Crippen LogP contribution is 2.26. The molecule has 7 nitrogen and oxygen atoms in total. The zero-order valence-corrected chi connectivity index (χ0v) is 17.5. The number of imide groups is 2. The number of benzene rings is 1. The number of hydrogen-bond donors (Lipinski definition) is 1. The lowest BCUT2D eigenvalue weighted by Gasteiger charge is -2.26. The van der Waals surface area contributed by atoms with Crippen LogP contribution in [0.3, 0.4) is 0 Å². The first-order valence-corrected chi connectivity index (χ1v) is 10.0. The van der Waals surface area contributed by atoms with Crippen LogP contribution in [0.5, 0.6) is 0 Å². The smallest absolute Gasteiger partial charge is 0.318 e. The molecule has 0 atom stereocenters. The number of anilines is 1. The van der Waals surface area contributed by atoms with E-state index in [1.165, 1.54) is 6.08 Å². The molecule has 156 valence electrons. The van der Waals surface area contributed by atoms with Gasteiger partial charge in [0.25, 0.3) is 11.8 Å². The largest absolute Gasteiger partial charge is 0.335 e. The van der Waals surface area contributed by atoms with Gasteiger partial charge in [0.15, 0.2) is 0 Å². The predicted molar refractivity (Wildman–Crippen MR) is 118 cm³/mol. The second-order valence-corrected chi connectivity index (χ2v) is 7.35. The summed E-state index contributed by atoms with van der Waals surface area (Å²) in [4.78, 5) is 43.1. The van der Waals surface area contributed by atoms with Crippen molar-refractivity contribution < 1.29 is 14.4 Å². The Hall–Kier alpha value is -4.00. The molecule has 1 aliphatic heterocycles. The Labute approximate surface area is 180 Å². The van der Waals surface area contributed by atoms with E-state index in [0.29, 0.717) is 5.69 Å². The SMILES string of the molecule is CCc1ccc(N2C(=O)NC(=O)/C(=C\c3cc(C)n(-c4ccncc4)c3C)C2=O)cc1. The number of urea groups is 1. The van der Waals surface area contributed by atoms with Gasteiger partial charge in [0.2, 0.25) is 0 Å². The number of aromatic nitrogens is 2. The summed E-state index contributed by atoms with van der Waals surface area (Å²) in [5.41, 5.74) is 4.89. The average Bonchev–Trinajstić information content (AvgIpc) is 3.05. The monoisotopic (exact) mass is 414 g/mol. The van der Waals surface area contributed by atoms with Gasteiger partial charge < -0.3 is 4.57 Å². The Kier molecular flexibility index (Phi) is 5.25. The fourth-order valence-corrected chi connectivity index (χ4v) is 3.75. The van der Waals surface area contributed by atoms with Crippen LogP contribution in [0.25, 0.3) is 11.8 Å². The molecule has 0 bridgehead atoms. The number of aryl methyl sites for hydroxylation is 2. The van der Waals surface area contributed by atoms with Crippen molar-refractivity contribution in [2.75, 3.05) is 4.90 Å². The normalized spacial score (nSPS) is 15.5. The molecule has 31 heavy (non-hydrogen) atoms. The third-order valence-electron chi connectivity index (χ3n) is 5.40. The van der Waals surface area contributed by atoms with E-state index in [4.69, 9.17) is 0 Å². The molecule has 0 radical (unpaired) electrons. The summed E-state index contributed by atoms with van der Waals surface area (Å²) in [6, 6.07) is 12.1. The fraction of sp³-hybridized carbons (Fsp3) is 0.167. The molecule has 3 heterocycles. The van der Waals surface area contributed by atoms with Crippen LogP contribution < -0.4 is 10.2 Å². The summed E-state index contributed by atoms with van der Waals surface area (Å²) in [6.07, 6.45) is 5.80. The maximum absolute atomic E-state index is 13.1. The van der Waals surface area contributed by atoms with Gasteiger partial charge in [-0.1, -0.05) is 19.1 Å². The van der Waals surface area contributed by atoms with Crippen LogP contribution in [0.2, 0.25) is 0 Å². The topological polar surface area (TPSA) is 84.3 Å². The van der Waals surface area contributed by atoms with Gasteiger partial charge >= 0.3 is 6.03 Å². The van der Waals surface area contributed by atoms with Gasteiger partial charge in [-0.3, -0.25) is 19.9 Å². The minimum atomic E-state index is -0.751. The summed E-state index contributed by atoms with van der Waals surface area (Å²) in [5, 5.41) is 2.27. The van der Waals surface area contributed by atoms with E-state index in [0.717, 1.165) is 39.5 Å². The highest BCUT2D eigenvalue weighted by atomic mass is 16.2. The lowest BCUT2D eigenvalue weighted by molar-refractivity contribution is -0.122. The molecule has 2 aromatic heterocycles. The van der Waals surface area contributed by atoms with E-state index < -0.39 is 17.8 Å². The Morgan fingerprint density at radius 1 is 0.968 bits per heavy atom. The molecular formula is C24H22N4O3. The first-order valence-electron chi connectivity index (χ1n) is 10.0. The molecule has 3 aromatic rings. The number of amides is 4. The number of nitrogens with one attached hydrogen (secondary N) is 1. The highest BCUT2D eigenvalue weighted by molar-refractivity contribution is 6.39. The molecule has 1 aromatic carbocycles. The third-order valence-corrected chi connectivity index (χ3v) is 5.40. The van der Waals surface area contributed by atoms with Crippen molar-refractivity contribution in [3.05, 3.63) is 82.9 Å². The number of carbonyl (C=O) groups is 3. The van der Waals surface area contributed by atoms with Crippen molar-refractivity contribution in [2.45, 2.75) is 27.2 Å². The van der Waals surface area contributed by atoms with Gasteiger partial charge in [-0.15, -0.1) is 0 Å². The zero-order valence-electron chi connectivity index (χ0n) is 17.5. The maximum atomic E-state index is 13.1. The Bertz CT molecular complexity index is 1210. The van der Waals surface area contributed by atoms with Gasteiger partial charge in [-0.05, 0) is 67.8 Å². The molecule has 1 aliphatic rings. The third kappa shape index (κ3) is 3.66. The van der Waals surface area contributed by atoms with E-state index in [1.54, 1.807) is 24.5 Å². The number of rotatable bonds is 4. The molecule has 1 saturated heterocycles. The van der Waals surface area contributed by atoms with Crippen LogP contribution in [0.4, 0.5) is 10.5 Å². The predicted octanol–water partition coefficient (Wildman–Crippen LogP) is 3.72. The Balaban J connectivity index is 1.74. The minimum absolute atomic E-state index is 0.0888. The average molecular weight is 414 g/mol. The Morgan fingerprint density at radius 3 is 2.29 bits per heavy atom. The lowest BCUT2D eigenvalue weighted by Crippen LogP contribution is -2.54. The van der Waals surface area contributed by atoms with Gasteiger partial charge in [-0.2, -0.15) is 0 Å². The lowest BCUT2D eigenvalue weighted by atomic mass is 10.1. The summed E-state index contributed by atoms with van der Waals surface area (Å²) >= 11 is 0. The van der Waals surface area contributed by atoms with Crippen LogP contribution in [0, 0.1) is 13.8 Å². The van der Waals surface area contributed by atoms with Gasteiger partial charge in [0.1, 0.15) is 5.57 Å². The van der Waals surface area contributed by atoms with Crippen LogP contribution >= 0.6 is 0 Å². The summed E-state index contributed by atoms with van der Waals surface area (Å²) in [6.45, 7) is 5.89. The number of hydrogen-bond acceptors (Lipinski definition) is 4. The molecular weight excluding hydrogens is 392 g/mol. The number of carbonyl (C=O) groups excluding carboxylic acids is 3. The quantitative estimate of drug-likeness (QED) is 0.521. The zero-order chi connectivity index (χ0) is 22.1. The molecule has 0 unspecified atom stereocenters. The molecule has 0 spiro atoms. The van der Waals surface area contributed by atoms with Crippen molar-refractivity contribution in [3.8, 4) is 5.69 Å². The fourth-order valence-electron chi connectivity index (χ4n) is 3.75. The van der Waals surface area contributed by atoms with E-state index >= 15 is 0 Å². The summed E-state index contributed by atoms with van der Waals surface area (Å²) in [7, 11) is 0. The van der Waals surface area contributed by atoms with Gasteiger partial charge in [0.05, 0.1) is 5.69 Å². The maximum Gasteiger partial charge on any atom is 0.335 e. The molecule has 4 amide bonds. The molecule has 1 fully saturated rings. The number of nitrogens with zero attached hydrogens (tertiary/aromatic N) is 3. The standard InChI is InChI=1S/C24H22N4O3/c1-4-17-5-7-19(8-6-17)28-23(30)21(22(29)26-24(28)31)14-18-13-15(2)27(16(18)3)20-9-11-25-12-10-20/h5-14H,4H2,1-3H3,(H,26,29,31)/b21-14+. The number of pyridine rings is 1. The molecule has 4 rings (SSSR count). The van der Waals surface area contributed by atoms with Crippen molar-refractivity contribution in [1.82, 2.24) is 14.9 Å². The molecule has 1 N–H and O–H groups in total. The van der Waals surface area contributed by atoms with E-state index in [2.05, 4.69) is 10.3 Å². The van der Waals surface area contributed by atoms with Crippen molar-refractivity contribution in [2.24, 2.45) is 0 Å². The van der Waals surface area contributed by atoms with E-state index in [9.17, 15) is 14.4 Å². The molecule has 0 aliphatic carbocycles. The first-order chi connectivity index (χ1) is 14.9. The minimum Gasteiger partial charge on any atom is -0.318 e. The summed E-state index contributed by atoms with van der Waals surface area (Å²) in [5.74, 6) is -1.35. The Morgan fingerprint density at radius 2 is 1.65 bits per heavy atom. The van der Waals surface area contributed by atoms with Gasteiger partial charge in [-0.25, -0.2) is 9.69 Å². The highest BCUT2D eigenvalue weighted by Gasteiger charge is 2.37. The van der Waals surface area contributed by atoms with Crippen LogP contribution in [0.1, 0.15) is 29.4 Å². The summed E-state index contributed by atoms with van der Waals surface area (Å²) < 4.78 is 2.02. The van der Waals surface area contributed by atoms with Crippen LogP contribution in [0.15, 0.2) is 60.4 Å². The van der Waals surface area contributed by atoms with Crippen molar-refractivity contribution >= 4 is 29.6 Å². The second kappa shape index (κ2) is 8.02. The molecule has 0 saturated carbocycles.